The number of fused-ring (bicyclic) bond motifs is 1. The standard InChI is InChI=1S/C21H27NO6/c1-4-6-8-14-11-19(23)28-18-12-15(9-10-16(14)18)27-13(3)20(24)22-17(7-5-2)21(25)26/h9-13,17H,4-8H2,1-3H3,(H,22,24)(H,25,26)/p-1/t13-,17+/m0/s1. The van der Waals surface area contributed by atoms with Gasteiger partial charge >= 0.3 is 5.63 Å². The third kappa shape index (κ3) is 5.58. The molecule has 1 heterocycles. The minimum absolute atomic E-state index is 0.280. The zero-order chi connectivity index (χ0) is 20.7. The van der Waals surface area contributed by atoms with Crippen LogP contribution >= 0.6 is 0 Å². The lowest BCUT2D eigenvalue weighted by molar-refractivity contribution is -0.308. The van der Waals surface area contributed by atoms with Gasteiger partial charge in [0.25, 0.3) is 5.91 Å². The lowest BCUT2D eigenvalue weighted by Gasteiger charge is -2.22. The van der Waals surface area contributed by atoms with Crippen molar-refractivity contribution in [3.8, 4) is 5.75 Å². The van der Waals surface area contributed by atoms with Gasteiger partial charge in [0.2, 0.25) is 0 Å². The Balaban J connectivity index is 2.16. The van der Waals surface area contributed by atoms with E-state index in [1.807, 2.05) is 6.92 Å². The predicted octanol–water partition coefficient (Wildman–Crippen LogP) is 1.94. The van der Waals surface area contributed by atoms with E-state index in [0.29, 0.717) is 17.8 Å². The highest BCUT2D eigenvalue weighted by Crippen LogP contribution is 2.24. The number of benzene rings is 1. The molecule has 152 valence electrons. The summed E-state index contributed by atoms with van der Waals surface area (Å²) in [7, 11) is 0. The van der Waals surface area contributed by atoms with Gasteiger partial charge in [-0.3, -0.25) is 4.79 Å². The summed E-state index contributed by atoms with van der Waals surface area (Å²) in [6.45, 7) is 5.42. The quantitative estimate of drug-likeness (QED) is 0.623. The molecule has 2 atom stereocenters. The van der Waals surface area contributed by atoms with Crippen molar-refractivity contribution in [2.75, 3.05) is 0 Å². The molecular weight excluding hydrogens is 362 g/mol. The molecule has 7 nitrogen and oxygen atoms in total. The molecule has 0 aliphatic carbocycles. The second kappa shape index (κ2) is 9.92. The molecule has 28 heavy (non-hydrogen) atoms. The minimum Gasteiger partial charge on any atom is -0.548 e. The lowest BCUT2D eigenvalue weighted by atomic mass is 10.0. The van der Waals surface area contributed by atoms with Crippen LogP contribution in [0, 0.1) is 0 Å². The number of unbranched alkanes of at least 4 members (excludes halogenated alkanes) is 1. The Labute approximate surface area is 163 Å². The number of rotatable bonds is 10. The Bertz CT molecular complexity index is 888. The minimum atomic E-state index is -1.32. The van der Waals surface area contributed by atoms with E-state index in [9.17, 15) is 19.5 Å². The lowest BCUT2D eigenvalue weighted by Crippen LogP contribution is -2.51. The van der Waals surface area contributed by atoms with Gasteiger partial charge in [-0.1, -0.05) is 26.7 Å². The van der Waals surface area contributed by atoms with Crippen molar-refractivity contribution in [1.82, 2.24) is 5.32 Å². The van der Waals surface area contributed by atoms with Gasteiger partial charge in [-0.15, -0.1) is 0 Å². The molecule has 0 saturated heterocycles. The van der Waals surface area contributed by atoms with Crippen LogP contribution in [0.4, 0.5) is 0 Å². The zero-order valence-corrected chi connectivity index (χ0v) is 16.4. The summed E-state index contributed by atoms with van der Waals surface area (Å²) in [5.74, 6) is -1.53. The van der Waals surface area contributed by atoms with Crippen LogP contribution in [0.3, 0.4) is 0 Å². The number of nitrogens with one attached hydrogen (secondary N) is 1. The van der Waals surface area contributed by atoms with Crippen LogP contribution in [0.1, 0.15) is 52.0 Å². The molecule has 0 saturated carbocycles. The highest BCUT2D eigenvalue weighted by atomic mass is 16.5. The number of hydrogen-bond acceptors (Lipinski definition) is 6. The number of aryl methyl sites for hydroxylation is 1. The molecule has 1 amide bonds. The molecule has 0 aliphatic rings. The molecule has 0 bridgehead atoms. The van der Waals surface area contributed by atoms with Gasteiger partial charge in [-0.2, -0.15) is 0 Å². The third-order valence-electron chi connectivity index (χ3n) is 4.46. The number of amides is 1. The maximum Gasteiger partial charge on any atom is 0.336 e. The summed E-state index contributed by atoms with van der Waals surface area (Å²) in [4.78, 5) is 35.1. The monoisotopic (exact) mass is 388 g/mol. The van der Waals surface area contributed by atoms with E-state index in [1.165, 1.54) is 13.0 Å². The molecular formula is C21H26NO6-. The highest BCUT2D eigenvalue weighted by Gasteiger charge is 2.20. The van der Waals surface area contributed by atoms with Crippen LogP contribution in [0.2, 0.25) is 0 Å². The van der Waals surface area contributed by atoms with Gasteiger partial charge in [-0.25, -0.2) is 4.79 Å². The summed E-state index contributed by atoms with van der Waals surface area (Å²) in [5, 5.41) is 14.3. The van der Waals surface area contributed by atoms with Crippen molar-refractivity contribution in [3.05, 3.63) is 40.2 Å². The van der Waals surface area contributed by atoms with Crippen LogP contribution in [-0.2, 0) is 16.0 Å². The Morgan fingerprint density at radius 1 is 1.21 bits per heavy atom. The van der Waals surface area contributed by atoms with Crippen molar-refractivity contribution in [2.45, 2.75) is 65.0 Å². The zero-order valence-electron chi connectivity index (χ0n) is 16.4. The molecule has 7 heteroatoms. The van der Waals surface area contributed by atoms with Crippen LogP contribution in [0.5, 0.6) is 5.75 Å². The summed E-state index contributed by atoms with van der Waals surface area (Å²) in [5.41, 5.74) is 0.877. The maximum atomic E-state index is 12.2. The van der Waals surface area contributed by atoms with E-state index < -0.39 is 29.6 Å². The van der Waals surface area contributed by atoms with E-state index in [-0.39, 0.29) is 6.42 Å². The number of carbonyl (C=O) groups is 2. The molecule has 0 fully saturated rings. The fourth-order valence-corrected chi connectivity index (χ4v) is 2.94. The number of ether oxygens (including phenoxy) is 1. The highest BCUT2D eigenvalue weighted by molar-refractivity contribution is 5.86. The fraction of sp³-hybridized carbons (Fsp3) is 0.476. The Morgan fingerprint density at radius 2 is 1.96 bits per heavy atom. The molecule has 1 aromatic carbocycles. The third-order valence-corrected chi connectivity index (χ3v) is 4.46. The van der Waals surface area contributed by atoms with Crippen molar-refractivity contribution in [1.29, 1.82) is 0 Å². The van der Waals surface area contributed by atoms with E-state index in [1.54, 1.807) is 18.2 Å². The van der Waals surface area contributed by atoms with Crippen LogP contribution in [0.15, 0.2) is 33.5 Å². The largest absolute Gasteiger partial charge is 0.548 e. The molecule has 2 rings (SSSR count). The second-order valence-corrected chi connectivity index (χ2v) is 6.78. The van der Waals surface area contributed by atoms with E-state index in [2.05, 4.69) is 12.2 Å². The number of aliphatic carboxylic acids is 1. The average molecular weight is 388 g/mol. The topological polar surface area (TPSA) is 109 Å². The first kappa shape index (κ1) is 21.5. The average Bonchev–Trinajstić information content (AvgIpc) is 2.65. The number of carboxylic acids is 1. The fourth-order valence-electron chi connectivity index (χ4n) is 2.94. The predicted molar refractivity (Wildman–Crippen MR) is 103 cm³/mol. The second-order valence-electron chi connectivity index (χ2n) is 6.78. The van der Waals surface area contributed by atoms with E-state index in [0.717, 1.165) is 30.2 Å². The van der Waals surface area contributed by atoms with Crippen molar-refractivity contribution >= 4 is 22.8 Å². The summed E-state index contributed by atoms with van der Waals surface area (Å²) in [6, 6.07) is 5.51. The Kier molecular flexibility index (Phi) is 7.61. The number of hydrogen-bond donors (Lipinski definition) is 1. The molecule has 1 N–H and O–H groups in total. The van der Waals surface area contributed by atoms with Gasteiger partial charge in [-0.05, 0) is 43.9 Å². The first-order valence-corrected chi connectivity index (χ1v) is 9.60. The van der Waals surface area contributed by atoms with Gasteiger partial charge in [0.05, 0.1) is 12.0 Å². The Morgan fingerprint density at radius 3 is 2.61 bits per heavy atom. The van der Waals surface area contributed by atoms with Crippen LogP contribution in [0.25, 0.3) is 11.0 Å². The van der Waals surface area contributed by atoms with Crippen molar-refractivity contribution in [3.63, 3.8) is 0 Å². The van der Waals surface area contributed by atoms with E-state index in [4.69, 9.17) is 9.15 Å². The van der Waals surface area contributed by atoms with Crippen LogP contribution < -0.4 is 20.8 Å². The summed E-state index contributed by atoms with van der Waals surface area (Å²) >= 11 is 0. The molecule has 0 unspecified atom stereocenters. The normalized spacial score (nSPS) is 13.1. The SMILES string of the molecule is CCCCc1cc(=O)oc2cc(O[C@@H](C)C(=O)N[C@H](CCC)C(=O)[O-])ccc12. The Hall–Kier alpha value is -2.83. The smallest absolute Gasteiger partial charge is 0.336 e. The van der Waals surface area contributed by atoms with Gasteiger partial charge in [0.15, 0.2) is 6.10 Å². The maximum absolute atomic E-state index is 12.2. The first-order chi connectivity index (χ1) is 13.3. The molecule has 2 aromatic rings. The summed E-state index contributed by atoms with van der Waals surface area (Å²) < 4.78 is 10.9. The van der Waals surface area contributed by atoms with Gasteiger partial charge < -0.3 is 24.4 Å². The van der Waals surface area contributed by atoms with Crippen molar-refractivity contribution < 1.29 is 23.8 Å². The first-order valence-electron chi connectivity index (χ1n) is 9.60. The van der Waals surface area contributed by atoms with Crippen molar-refractivity contribution in [2.24, 2.45) is 0 Å². The molecule has 0 radical (unpaired) electrons. The van der Waals surface area contributed by atoms with Gasteiger partial charge in [0.1, 0.15) is 11.3 Å². The molecule has 0 aliphatic heterocycles. The number of carbonyl (C=O) groups excluding carboxylic acids is 2. The number of carboxylic acid groups (broad SMARTS) is 1. The molecule has 0 spiro atoms. The summed E-state index contributed by atoms with van der Waals surface area (Å²) in [6.07, 6.45) is 2.71. The van der Waals surface area contributed by atoms with Crippen LogP contribution in [-0.4, -0.2) is 24.0 Å². The molecule has 1 aromatic heterocycles. The van der Waals surface area contributed by atoms with E-state index >= 15 is 0 Å². The van der Waals surface area contributed by atoms with Gasteiger partial charge in [0, 0.05) is 17.5 Å².